The van der Waals surface area contributed by atoms with Gasteiger partial charge in [0.2, 0.25) is 0 Å². The van der Waals surface area contributed by atoms with Crippen molar-refractivity contribution >= 4 is 5.97 Å². The molecular formula is C16H14O6. The highest BCUT2D eigenvalue weighted by atomic mass is 16.6. The molecule has 0 bridgehead atoms. The van der Waals surface area contributed by atoms with Gasteiger partial charge in [-0.15, -0.1) is 0 Å². The van der Waals surface area contributed by atoms with Crippen LogP contribution in [0.4, 0.5) is 0 Å². The molecule has 0 fully saturated rings. The number of aliphatic hydroxyl groups is 1. The van der Waals surface area contributed by atoms with Gasteiger partial charge >= 0.3 is 5.97 Å². The van der Waals surface area contributed by atoms with Gasteiger partial charge in [0.25, 0.3) is 0 Å². The van der Waals surface area contributed by atoms with Crippen molar-refractivity contribution in [3.05, 3.63) is 47.5 Å². The molecule has 0 radical (unpaired) electrons. The van der Waals surface area contributed by atoms with E-state index in [1.54, 1.807) is 6.07 Å². The average Bonchev–Trinajstić information content (AvgIpc) is 2.48. The number of hydrogen-bond acceptors (Lipinski definition) is 6. The van der Waals surface area contributed by atoms with E-state index in [4.69, 9.17) is 9.47 Å². The summed E-state index contributed by atoms with van der Waals surface area (Å²) in [5.41, 5.74) is -1.41. The van der Waals surface area contributed by atoms with Crippen LogP contribution >= 0.6 is 0 Å². The van der Waals surface area contributed by atoms with E-state index >= 15 is 0 Å². The van der Waals surface area contributed by atoms with Crippen LogP contribution in [-0.2, 0) is 16.8 Å². The monoisotopic (exact) mass is 302 g/mol. The fourth-order valence-corrected chi connectivity index (χ4v) is 2.51. The molecule has 2 aromatic rings. The lowest BCUT2D eigenvalue weighted by Gasteiger charge is -2.32. The smallest absolute Gasteiger partial charge is 0.348 e. The molecule has 6 nitrogen and oxygen atoms in total. The predicted molar refractivity (Wildman–Crippen MR) is 76.0 cm³/mol. The van der Waals surface area contributed by atoms with Crippen LogP contribution in [0.3, 0.4) is 0 Å². The van der Waals surface area contributed by atoms with Crippen molar-refractivity contribution in [3.63, 3.8) is 0 Å². The van der Waals surface area contributed by atoms with E-state index in [2.05, 4.69) is 0 Å². The van der Waals surface area contributed by atoms with Crippen molar-refractivity contribution in [1.29, 1.82) is 0 Å². The third-order valence-electron chi connectivity index (χ3n) is 3.69. The maximum absolute atomic E-state index is 12.2. The SMILES string of the molecule is COc1ccc(C2(O)Cc3ccc(O)cc3OC2=O)c(O)c1. The average molecular weight is 302 g/mol. The fourth-order valence-electron chi connectivity index (χ4n) is 2.51. The largest absolute Gasteiger partial charge is 0.508 e. The lowest BCUT2D eigenvalue weighted by atomic mass is 9.84. The highest BCUT2D eigenvalue weighted by Gasteiger charge is 2.46. The maximum Gasteiger partial charge on any atom is 0.348 e. The molecule has 0 saturated carbocycles. The van der Waals surface area contributed by atoms with Gasteiger partial charge in [-0.1, -0.05) is 6.07 Å². The summed E-state index contributed by atoms with van der Waals surface area (Å²) in [4.78, 5) is 12.2. The van der Waals surface area contributed by atoms with E-state index in [-0.39, 0.29) is 29.2 Å². The van der Waals surface area contributed by atoms with Crippen molar-refractivity contribution in [3.8, 4) is 23.0 Å². The Balaban J connectivity index is 2.06. The minimum absolute atomic E-state index is 0.0377. The second-order valence-corrected chi connectivity index (χ2v) is 5.10. The number of hydrogen-bond donors (Lipinski definition) is 3. The first-order valence-electron chi connectivity index (χ1n) is 6.58. The van der Waals surface area contributed by atoms with Gasteiger partial charge in [-0.05, 0) is 23.8 Å². The molecule has 2 aromatic carbocycles. The summed E-state index contributed by atoms with van der Waals surface area (Å²) in [6.45, 7) is 0. The van der Waals surface area contributed by atoms with Gasteiger partial charge in [0.1, 0.15) is 23.0 Å². The number of esters is 1. The zero-order valence-electron chi connectivity index (χ0n) is 11.7. The number of benzene rings is 2. The number of methoxy groups -OCH3 is 1. The second-order valence-electron chi connectivity index (χ2n) is 5.10. The molecule has 0 aliphatic carbocycles. The van der Waals surface area contributed by atoms with E-state index in [0.717, 1.165) is 0 Å². The van der Waals surface area contributed by atoms with Crippen molar-refractivity contribution in [2.24, 2.45) is 0 Å². The summed E-state index contributed by atoms with van der Waals surface area (Å²) in [5.74, 6) is -0.613. The number of phenols is 2. The number of fused-ring (bicyclic) bond motifs is 1. The van der Waals surface area contributed by atoms with Gasteiger partial charge in [-0.3, -0.25) is 0 Å². The summed E-state index contributed by atoms with van der Waals surface area (Å²) in [6.07, 6.45) is -0.0681. The Morgan fingerprint density at radius 3 is 2.64 bits per heavy atom. The molecule has 1 heterocycles. The first kappa shape index (κ1) is 14.2. The maximum atomic E-state index is 12.2. The molecule has 3 rings (SSSR count). The Labute approximate surface area is 126 Å². The highest BCUT2D eigenvalue weighted by Crippen LogP contribution is 2.41. The van der Waals surface area contributed by atoms with E-state index in [9.17, 15) is 20.1 Å². The van der Waals surface area contributed by atoms with Crippen molar-refractivity contribution in [1.82, 2.24) is 0 Å². The zero-order chi connectivity index (χ0) is 15.9. The number of phenolic OH excluding ortho intramolecular Hbond substituents is 2. The fraction of sp³-hybridized carbons (Fsp3) is 0.188. The van der Waals surface area contributed by atoms with Crippen LogP contribution in [-0.4, -0.2) is 28.4 Å². The summed E-state index contributed by atoms with van der Waals surface area (Å²) >= 11 is 0. The third kappa shape index (κ3) is 2.14. The number of aromatic hydroxyl groups is 2. The normalized spacial score (nSPS) is 20.2. The Morgan fingerprint density at radius 1 is 1.18 bits per heavy atom. The van der Waals surface area contributed by atoms with Crippen molar-refractivity contribution in [2.75, 3.05) is 7.11 Å². The number of ether oxygens (including phenoxy) is 2. The topological polar surface area (TPSA) is 96.2 Å². The second kappa shape index (κ2) is 4.92. The van der Waals surface area contributed by atoms with Gasteiger partial charge in [-0.2, -0.15) is 0 Å². The first-order chi connectivity index (χ1) is 10.4. The predicted octanol–water partition coefficient (Wildman–Crippen LogP) is 1.46. The Morgan fingerprint density at radius 2 is 1.95 bits per heavy atom. The molecule has 22 heavy (non-hydrogen) atoms. The van der Waals surface area contributed by atoms with Gasteiger partial charge in [0, 0.05) is 24.1 Å². The molecule has 1 aliphatic heterocycles. The van der Waals surface area contributed by atoms with Crippen LogP contribution in [0, 0.1) is 0 Å². The molecular weight excluding hydrogens is 288 g/mol. The molecule has 1 atom stereocenters. The molecule has 0 spiro atoms. The molecule has 1 aliphatic rings. The minimum Gasteiger partial charge on any atom is -0.508 e. The molecule has 3 N–H and O–H groups in total. The van der Waals surface area contributed by atoms with Crippen LogP contribution < -0.4 is 9.47 Å². The van der Waals surface area contributed by atoms with Gasteiger partial charge < -0.3 is 24.8 Å². The van der Waals surface area contributed by atoms with E-state index in [0.29, 0.717) is 11.3 Å². The van der Waals surface area contributed by atoms with Gasteiger partial charge in [0.05, 0.1) is 7.11 Å². The van der Waals surface area contributed by atoms with Gasteiger partial charge in [0.15, 0.2) is 5.60 Å². The van der Waals surface area contributed by atoms with Crippen molar-refractivity contribution < 1.29 is 29.6 Å². The lowest BCUT2D eigenvalue weighted by Crippen LogP contribution is -2.44. The quantitative estimate of drug-likeness (QED) is 0.574. The summed E-state index contributed by atoms with van der Waals surface area (Å²) in [6, 6.07) is 8.57. The highest BCUT2D eigenvalue weighted by molar-refractivity contribution is 5.86. The van der Waals surface area contributed by atoms with Crippen LogP contribution in [0.1, 0.15) is 11.1 Å². The van der Waals surface area contributed by atoms with Crippen LogP contribution in [0.15, 0.2) is 36.4 Å². The van der Waals surface area contributed by atoms with Crippen molar-refractivity contribution in [2.45, 2.75) is 12.0 Å². The number of carbonyl (C=O) groups excluding carboxylic acids is 1. The molecule has 114 valence electrons. The lowest BCUT2D eigenvalue weighted by molar-refractivity contribution is -0.159. The van der Waals surface area contributed by atoms with Crippen LogP contribution in [0.2, 0.25) is 0 Å². The van der Waals surface area contributed by atoms with Gasteiger partial charge in [-0.25, -0.2) is 4.79 Å². The zero-order valence-corrected chi connectivity index (χ0v) is 11.7. The van der Waals surface area contributed by atoms with E-state index < -0.39 is 11.6 Å². The summed E-state index contributed by atoms with van der Waals surface area (Å²) in [7, 11) is 1.45. The van der Waals surface area contributed by atoms with Crippen LogP contribution in [0.25, 0.3) is 0 Å². The first-order valence-corrected chi connectivity index (χ1v) is 6.58. The van der Waals surface area contributed by atoms with Crippen LogP contribution in [0.5, 0.6) is 23.0 Å². The third-order valence-corrected chi connectivity index (χ3v) is 3.69. The Kier molecular flexibility index (Phi) is 3.18. The molecule has 1 unspecified atom stereocenters. The molecule has 0 saturated heterocycles. The minimum atomic E-state index is -2.00. The molecule has 6 heteroatoms. The number of carbonyl (C=O) groups is 1. The summed E-state index contributed by atoms with van der Waals surface area (Å²) < 4.78 is 10.1. The Hall–Kier alpha value is -2.73. The molecule has 0 amide bonds. The Bertz CT molecular complexity index is 754. The van der Waals surface area contributed by atoms with E-state index in [1.165, 1.54) is 37.4 Å². The molecule has 0 aromatic heterocycles. The van der Waals surface area contributed by atoms with E-state index in [1.807, 2.05) is 0 Å². The number of rotatable bonds is 2. The summed E-state index contributed by atoms with van der Waals surface area (Å²) in [5, 5.41) is 30.2. The standard InChI is InChI=1S/C16H14O6/c1-21-11-4-5-12(13(18)7-11)16(20)8-9-2-3-10(17)6-14(9)22-15(16)19/h2-7,17-18,20H,8H2,1H3.